The first-order chi connectivity index (χ1) is 17.4. The summed E-state index contributed by atoms with van der Waals surface area (Å²) in [6.45, 7) is 8.38. The van der Waals surface area contributed by atoms with Gasteiger partial charge in [-0.25, -0.2) is 13.4 Å². The van der Waals surface area contributed by atoms with Crippen molar-refractivity contribution in [3.8, 4) is 0 Å². The van der Waals surface area contributed by atoms with E-state index in [1.54, 1.807) is 11.5 Å². The summed E-state index contributed by atoms with van der Waals surface area (Å²) in [7, 11) is -3.41. The Morgan fingerprint density at radius 3 is 2.32 bits per heavy atom. The average molecular weight is 553 g/mol. The lowest BCUT2D eigenvalue weighted by atomic mass is 9.95. The molecule has 0 aliphatic carbocycles. The number of aliphatic hydroxyl groups excluding tert-OH is 1. The molecule has 0 aliphatic rings. The minimum atomic E-state index is -4.64. The SMILES string of the molecule is Cc1c(C(=O)NCc2ccc(S(C)(=O)=O)cn2)nc(C(C)(C)C)n1Cc1ccc(C(C)O)cc1C(F)(F)F. The smallest absolute Gasteiger partial charge is 0.389 e. The Bertz CT molecular complexity index is 1440. The van der Waals surface area contributed by atoms with Gasteiger partial charge in [-0.05, 0) is 43.2 Å². The van der Waals surface area contributed by atoms with Crippen molar-refractivity contribution in [1.29, 1.82) is 0 Å². The number of benzene rings is 1. The molecule has 0 fully saturated rings. The molecule has 3 rings (SSSR count). The number of rotatable bonds is 7. The lowest BCUT2D eigenvalue weighted by Gasteiger charge is -2.22. The number of hydrogen-bond acceptors (Lipinski definition) is 6. The van der Waals surface area contributed by atoms with E-state index in [-0.39, 0.29) is 34.8 Å². The predicted octanol–water partition coefficient (Wildman–Crippen LogP) is 4.34. The molecule has 1 amide bonds. The quantitative estimate of drug-likeness (QED) is 0.451. The van der Waals surface area contributed by atoms with Crippen molar-refractivity contribution in [2.75, 3.05) is 6.26 Å². The number of aliphatic hydroxyl groups is 1. The van der Waals surface area contributed by atoms with E-state index in [1.165, 1.54) is 37.4 Å². The Kier molecular flexibility index (Phi) is 8.09. The molecule has 206 valence electrons. The highest BCUT2D eigenvalue weighted by Crippen LogP contribution is 2.35. The molecule has 12 heteroatoms. The van der Waals surface area contributed by atoms with Crippen molar-refractivity contribution < 1.29 is 31.5 Å². The van der Waals surface area contributed by atoms with Crippen LogP contribution in [0, 0.1) is 6.92 Å². The molecule has 1 aromatic carbocycles. The largest absolute Gasteiger partial charge is 0.416 e. The number of carbonyl (C=O) groups excluding carboxylic acids is 1. The van der Waals surface area contributed by atoms with Crippen LogP contribution in [-0.2, 0) is 34.5 Å². The Hall–Kier alpha value is -3.25. The van der Waals surface area contributed by atoms with Crippen molar-refractivity contribution in [1.82, 2.24) is 19.9 Å². The molecule has 2 heterocycles. The Morgan fingerprint density at radius 1 is 1.16 bits per heavy atom. The number of nitrogens with one attached hydrogen (secondary N) is 1. The van der Waals surface area contributed by atoms with Crippen molar-refractivity contribution in [3.63, 3.8) is 0 Å². The summed E-state index contributed by atoms with van der Waals surface area (Å²) < 4.78 is 66.5. The van der Waals surface area contributed by atoms with Crippen molar-refractivity contribution >= 4 is 15.7 Å². The van der Waals surface area contributed by atoms with Crippen molar-refractivity contribution in [2.24, 2.45) is 0 Å². The molecule has 3 aromatic rings. The van der Waals surface area contributed by atoms with Crippen LogP contribution in [0.1, 0.15) is 78.2 Å². The van der Waals surface area contributed by atoms with Gasteiger partial charge in [0.05, 0.1) is 28.8 Å². The van der Waals surface area contributed by atoms with Crippen LogP contribution >= 0.6 is 0 Å². The number of amides is 1. The molecule has 1 atom stereocenters. The molecule has 1 unspecified atom stereocenters. The number of imidazole rings is 1. The number of carbonyl (C=O) groups is 1. The molecular weight excluding hydrogens is 521 g/mol. The average Bonchev–Trinajstić information content (AvgIpc) is 3.13. The van der Waals surface area contributed by atoms with Gasteiger partial charge in [0.2, 0.25) is 0 Å². The first-order valence-corrected chi connectivity index (χ1v) is 13.7. The Labute approximate surface area is 219 Å². The van der Waals surface area contributed by atoms with Gasteiger partial charge in [-0.2, -0.15) is 13.2 Å². The normalized spacial score (nSPS) is 13.4. The third-order valence-corrected chi connectivity index (χ3v) is 7.11. The maximum absolute atomic E-state index is 13.9. The first-order valence-electron chi connectivity index (χ1n) is 11.8. The maximum Gasteiger partial charge on any atom is 0.416 e. The van der Waals surface area contributed by atoms with Gasteiger partial charge < -0.3 is 15.0 Å². The molecule has 8 nitrogen and oxygen atoms in total. The monoisotopic (exact) mass is 552 g/mol. The molecule has 2 N–H and O–H groups in total. The predicted molar refractivity (Wildman–Crippen MR) is 135 cm³/mol. The Morgan fingerprint density at radius 2 is 1.82 bits per heavy atom. The summed E-state index contributed by atoms with van der Waals surface area (Å²) in [5, 5.41) is 12.5. The minimum Gasteiger partial charge on any atom is -0.389 e. The third-order valence-electron chi connectivity index (χ3n) is 6.01. The zero-order chi connectivity index (χ0) is 28.6. The second kappa shape index (κ2) is 10.5. The van der Waals surface area contributed by atoms with Gasteiger partial charge in [0, 0.05) is 30.1 Å². The number of alkyl halides is 3. The molecular formula is C26H31F3N4O4S. The molecule has 0 aliphatic heterocycles. The topological polar surface area (TPSA) is 114 Å². The van der Waals surface area contributed by atoms with Crippen LogP contribution in [0.15, 0.2) is 41.4 Å². The number of sulfone groups is 1. The van der Waals surface area contributed by atoms with Crippen LogP contribution in [0.5, 0.6) is 0 Å². The molecule has 0 radical (unpaired) electrons. The molecule has 38 heavy (non-hydrogen) atoms. The highest BCUT2D eigenvalue weighted by Gasteiger charge is 2.35. The molecule has 2 aromatic heterocycles. The lowest BCUT2D eigenvalue weighted by Crippen LogP contribution is -2.24. The molecule has 0 spiro atoms. The zero-order valence-corrected chi connectivity index (χ0v) is 22.8. The summed E-state index contributed by atoms with van der Waals surface area (Å²) in [4.78, 5) is 21.7. The van der Waals surface area contributed by atoms with Gasteiger partial charge >= 0.3 is 6.18 Å². The maximum atomic E-state index is 13.9. The highest BCUT2D eigenvalue weighted by molar-refractivity contribution is 7.90. The number of pyridine rings is 1. The summed E-state index contributed by atoms with van der Waals surface area (Å²) in [6.07, 6.45) is -3.43. The van der Waals surface area contributed by atoms with E-state index in [0.29, 0.717) is 17.2 Å². The van der Waals surface area contributed by atoms with Crippen LogP contribution in [0.2, 0.25) is 0 Å². The fourth-order valence-electron chi connectivity index (χ4n) is 3.93. The fraction of sp³-hybridized carbons (Fsp3) is 0.423. The van der Waals surface area contributed by atoms with Crippen LogP contribution < -0.4 is 5.32 Å². The van der Waals surface area contributed by atoms with Crippen LogP contribution in [0.4, 0.5) is 13.2 Å². The Balaban J connectivity index is 1.94. The molecule has 0 saturated heterocycles. The van der Waals surface area contributed by atoms with Crippen molar-refractivity contribution in [3.05, 3.63) is 76.1 Å². The number of hydrogen-bond donors (Lipinski definition) is 2. The lowest BCUT2D eigenvalue weighted by molar-refractivity contribution is -0.138. The van der Waals surface area contributed by atoms with Crippen LogP contribution in [-0.4, -0.2) is 40.2 Å². The van der Waals surface area contributed by atoms with Gasteiger partial charge in [-0.15, -0.1) is 0 Å². The standard InChI is InChI=1S/C26H31F3N4O4S/c1-15-22(23(35)31-12-19-9-10-20(13-30-19)38(6,36)37)32-24(25(3,4)5)33(15)14-18-8-7-17(16(2)34)11-21(18)26(27,28)29/h7-11,13,16,34H,12,14H2,1-6H3,(H,31,35). The van der Waals surface area contributed by atoms with Gasteiger partial charge in [0.25, 0.3) is 5.91 Å². The van der Waals surface area contributed by atoms with Gasteiger partial charge in [0.15, 0.2) is 9.84 Å². The van der Waals surface area contributed by atoms with Crippen LogP contribution in [0.3, 0.4) is 0 Å². The van der Waals surface area contributed by atoms with Gasteiger partial charge in [-0.3, -0.25) is 9.78 Å². The number of nitrogens with zero attached hydrogens (tertiary/aromatic N) is 3. The number of halogens is 3. The fourth-order valence-corrected chi connectivity index (χ4v) is 4.49. The van der Waals surface area contributed by atoms with E-state index in [0.717, 1.165) is 12.3 Å². The second-order valence-electron chi connectivity index (χ2n) is 10.2. The minimum absolute atomic E-state index is 0.000938. The van der Waals surface area contributed by atoms with E-state index in [2.05, 4.69) is 15.3 Å². The van der Waals surface area contributed by atoms with E-state index in [1.807, 2.05) is 20.8 Å². The van der Waals surface area contributed by atoms with E-state index in [9.17, 15) is 31.5 Å². The highest BCUT2D eigenvalue weighted by atomic mass is 32.2. The van der Waals surface area contributed by atoms with E-state index >= 15 is 0 Å². The first kappa shape index (κ1) is 29.3. The molecule has 0 saturated carbocycles. The summed E-state index contributed by atoms with van der Waals surface area (Å²) >= 11 is 0. The zero-order valence-electron chi connectivity index (χ0n) is 22.0. The second-order valence-corrected chi connectivity index (χ2v) is 12.3. The summed E-state index contributed by atoms with van der Waals surface area (Å²) in [5.74, 6) is -0.107. The van der Waals surface area contributed by atoms with E-state index < -0.39 is 39.0 Å². The van der Waals surface area contributed by atoms with Gasteiger partial charge in [0.1, 0.15) is 11.5 Å². The molecule has 0 bridgehead atoms. The summed E-state index contributed by atoms with van der Waals surface area (Å²) in [5.41, 5.74) is -0.444. The number of aromatic nitrogens is 3. The summed E-state index contributed by atoms with van der Waals surface area (Å²) in [6, 6.07) is 6.61. The van der Waals surface area contributed by atoms with Gasteiger partial charge in [-0.1, -0.05) is 32.9 Å². The van der Waals surface area contributed by atoms with Crippen molar-refractivity contribution in [2.45, 2.75) is 70.3 Å². The van der Waals surface area contributed by atoms with E-state index in [4.69, 9.17) is 0 Å². The third kappa shape index (κ3) is 6.60. The van der Waals surface area contributed by atoms with Crippen LogP contribution in [0.25, 0.3) is 0 Å².